The molecule has 1 aromatic heterocycles. The molecule has 0 saturated carbocycles. The standard InChI is InChI=1S/C22H26FN5O5/c1-14(29)24-11-16-5-6-17(12-25-16)26-21(30)27-18-8-15(23)9-20(10-18)33-19-4-3-7-28(13-19)22(31)32-2/h5-6,8-10,12,19H,3-4,7,11,13H2,1-2H3,(H,24,29)(H2,26,27,30). The number of halogens is 1. The zero-order valence-corrected chi connectivity index (χ0v) is 18.4. The third-order valence-electron chi connectivity index (χ3n) is 4.84. The maximum Gasteiger partial charge on any atom is 0.409 e. The second-order valence-corrected chi connectivity index (χ2v) is 7.50. The molecule has 1 aliphatic heterocycles. The van der Waals surface area contributed by atoms with E-state index in [0.29, 0.717) is 30.9 Å². The van der Waals surface area contributed by atoms with Crippen LogP contribution in [0.15, 0.2) is 36.5 Å². The van der Waals surface area contributed by atoms with Gasteiger partial charge in [0.25, 0.3) is 0 Å². The number of urea groups is 1. The Morgan fingerprint density at radius 2 is 1.97 bits per heavy atom. The molecule has 2 aromatic rings. The molecule has 1 unspecified atom stereocenters. The number of carbonyl (C=O) groups excluding carboxylic acids is 3. The fraction of sp³-hybridized carbons (Fsp3) is 0.364. The van der Waals surface area contributed by atoms with Crippen molar-refractivity contribution in [2.24, 2.45) is 0 Å². The Morgan fingerprint density at radius 3 is 2.67 bits per heavy atom. The van der Waals surface area contributed by atoms with Crippen molar-refractivity contribution in [1.82, 2.24) is 15.2 Å². The number of likely N-dealkylation sites (tertiary alicyclic amines) is 1. The van der Waals surface area contributed by atoms with Gasteiger partial charge in [0.05, 0.1) is 37.8 Å². The average Bonchev–Trinajstić information content (AvgIpc) is 2.77. The van der Waals surface area contributed by atoms with E-state index in [1.807, 2.05) is 0 Å². The highest BCUT2D eigenvalue weighted by Crippen LogP contribution is 2.24. The Bertz CT molecular complexity index is 1000. The Balaban J connectivity index is 1.57. The summed E-state index contributed by atoms with van der Waals surface area (Å²) in [5, 5.41) is 7.80. The van der Waals surface area contributed by atoms with Crippen LogP contribution in [0.3, 0.4) is 0 Å². The van der Waals surface area contributed by atoms with E-state index in [-0.39, 0.29) is 30.0 Å². The number of hydrogen-bond donors (Lipinski definition) is 3. The number of nitrogens with zero attached hydrogens (tertiary/aromatic N) is 2. The summed E-state index contributed by atoms with van der Waals surface area (Å²) in [6.07, 6.45) is 2.15. The fourth-order valence-electron chi connectivity index (χ4n) is 3.34. The predicted molar refractivity (Wildman–Crippen MR) is 118 cm³/mol. The van der Waals surface area contributed by atoms with Gasteiger partial charge in [-0.05, 0) is 31.0 Å². The van der Waals surface area contributed by atoms with Crippen molar-refractivity contribution in [2.75, 3.05) is 30.8 Å². The summed E-state index contributed by atoms with van der Waals surface area (Å²) < 4.78 is 24.7. The van der Waals surface area contributed by atoms with Crippen LogP contribution in [-0.4, -0.2) is 54.2 Å². The summed E-state index contributed by atoms with van der Waals surface area (Å²) in [6, 6.07) is 6.62. The van der Waals surface area contributed by atoms with Crippen LogP contribution in [0.4, 0.5) is 25.4 Å². The summed E-state index contributed by atoms with van der Waals surface area (Å²) in [5.74, 6) is -0.500. The molecule has 11 heteroatoms. The lowest BCUT2D eigenvalue weighted by atomic mass is 10.1. The molecule has 1 fully saturated rings. The molecule has 4 amide bonds. The smallest absolute Gasteiger partial charge is 0.409 e. The highest BCUT2D eigenvalue weighted by molar-refractivity contribution is 5.99. The van der Waals surface area contributed by atoms with Crippen molar-refractivity contribution in [2.45, 2.75) is 32.4 Å². The zero-order chi connectivity index (χ0) is 23.8. The van der Waals surface area contributed by atoms with Crippen LogP contribution in [0.5, 0.6) is 5.75 Å². The average molecular weight is 459 g/mol. The number of methoxy groups -OCH3 is 1. The fourth-order valence-corrected chi connectivity index (χ4v) is 3.34. The summed E-state index contributed by atoms with van der Waals surface area (Å²) in [7, 11) is 1.32. The molecule has 1 aliphatic rings. The lowest BCUT2D eigenvalue weighted by Gasteiger charge is -2.31. The lowest BCUT2D eigenvalue weighted by Crippen LogP contribution is -2.44. The molecule has 0 bridgehead atoms. The SMILES string of the molecule is COC(=O)N1CCCC(Oc2cc(F)cc(NC(=O)Nc3ccc(CNC(C)=O)nc3)c2)C1. The second kappa shape index (κ2) is 11.1. The van der Waals surface area contributed by atoms with Gasteiger partial charge in [0.15, 0.2) is 0 Å². The molecule has 3 N–H and O–H groups in total. The van der Waals surface area contributed by atoms with E-state index in [0.717, 1.165) is 6.42 Å². The zero-order valence-electron chi connectivity index (χ0n) is 18.4. The number of nitrogens with one attached hydrogen (secondary N) is 3. The van der Waals surface area contributed by atoms with Crippen molar-refractivity contribution < 1.29 is 28.2 Å². The monoisotopic (exact) mass is 459 g/mol. The largest absolute Gasteiger partial charge is 0.488 e. The molecular formula is C22H26FN5O5. The first-order valence-corrected chi connectivity index (χ1v) is 10.4. The van der Waals surface area contributed by atoms with Crippen LogP contribution >= 0.6 is 0 Å². The van der Waals surface area contributed by atoms with Gasteiger partial charge >= 0.3 is 12.1 Å². The van der Waals surface area contributed by atoms with E-state index >= 15 is 0 Å². The molecule has 176 valence electrons. The second-order valence-electron chi connectivity index (χ2n) is 7.50. The van der Waals surface area contributed by atoms with E-state index in [1.54, 1.807) is 12.1 Å². The minimum atomic E-state index is -0.586. The van der Waals surface area contributed by atoms with Crippen molar-refractivity contribution >= 4 is 29.4 Å². The maximum absolute atomic E-state index is 14.1. The molecule has 3 rings (SSSR count). The van der Waals surface area contributed by atoms with E-state index in [2.05, 4.69) is 20.9 Å². The Labute approximate surface area is 190 Å². The quantitative estimate of drug-likeness (QED) is 0.610. The van der Waals surface area contributed by atoms with Crippen molar-refractivity contribution in [3.8, 4) is 5.75 Å². The number of benzene rings is 1. The van der Waals surface area contributed by atoms with Gasteiger partial charge in [0, 0.05) is 31.3 Å². The third-order valence-corrected chi connectivity index (χ3v) is 4.84. The maximum atomic E-state index is 14.1. The van der Waals surface area contributed by atoms with E-state index < -0.39 is 17.9 Å². The van der Waals surface area contributed by atoms with Gasteiger partial charge in [0.2, 0.25) is 5.91 Å². The highest BCUT2D eigenvalue weighted by Gasteiger charge is 2.25. The lowest BCUT2D eigenvalue weighted by molar-refractivity contribution is -0.119. The highest BCUT2D eigenvalue weighted by atomic mass is 19.1. The van der Waals surface area contributed by atoms with Crippen LogP contribution in [0.25, 0.3) is 0 Å². The summed E-state index contributed by atoms with van der Waals surface area (Å²) in [6.45, 7) is 2.60. The first-order valence-electron chi connectivity index (χ1n) is 10.4. The van der Waals surface area contributed by atoms with Crippen molar-refractivity contribution in [1.29, 1.82) is 0 Å². The van der Waals surface area contributed by atoms with E-state index in [4.69, 9.17) is 9.47 Å². The summed E-state index contributed by atoms with van der Waals surface area (Å²) in [4.78, 5) is 40.7. The number of amides is 4. The summed E-state index contributed by atoms with van der Waals surface area (Å²) in [5.41, 5.74) is 1.27. The van der Waals surface area contributed by atoms with Crippen LogP contribution in [0.2, 0.25) is 0 Å². The van der Waals surface area contributed by atoms with Gasteiger partial charge < -0.3 is 30.3 Å². The number of anilines is 2. The van der Waals surface area contributed by atoms with Crippen LogP contribution in [0.1, 0.15) is 25.5 Å². The third kappa shape index (κ3) is 7.34. The normalized spacial score (nSPS) is 15.4. The Hall–Kier alpha value is -3.89. The van der Waals surface area contributed by atoms with Crippen molar-refractivity contribution in [3.05, 3.63) is 48.0 Å². The van der Waals surface area contributed by atoms with Gasteiger partial charge in [-0.3, -0.25) is 9.78 Å². The minimum absolute atomic E-state index is 0.166. The molecule has 1 saturated heterocycles. The van der Waals surface area contributed by atoms with Crippen LogP contribution < -0.4 is 20.7 Å². The van der Waals surface area contributed by atoms with Crippen molar-refractivity contribution in [3.63, 3.8) is 0 Å². The van der Waals surface area contributed by atoms with Crippen LogP contribution in [0, 0.1) is 5.82 Å². The van der Waals surface area contributed by atoms with E-state index in [1.165, 1.54) is 43.3 Å². The van der Waals surface area contributed by atoms with Gasteiger partial charge in [0.1, 0.15) is 17.7 Å². The molecule has 0 spiro atoms. The predicted octanol–water partition coefficient (Wildman–Crippen LogP) is 3.11. The number of pyridine rings is 1. The number of hydrogen-bond acceptors (Lipinski definition) is 6. The van der Waals surface area contributed by atoms with Gasteiger partial charge in [-0.25, -0.2) is 14.0 Å². The van der Waals surface area contributed by atoms with Gasteiger partial charge in [-0.2, -0.15) is 0 Å². The van der Waals surface area contributed by atoms with E-state index in [9.17, 15) is 18.8 Å². The molecule has 10 nitrogen and oxygen atoms in total. The molecule has 1 aromatic carbocycles. The van der Waals surface area contributed by atoms with Crippen LogP contribution in [-0.2, 0) is 16.1 Å². The molecular weight excluding hydrogens is 433 g/mol. The molecule has 1 atom stereocenters. The van der Waals surface area contributed by atoms with Gasteiger partial charge in [-0.15, -0.1) is 0 Å². The minimum Gasteiger partial charge on any atom is -0.488 e. The number of carbonyl (C=O) groups is 3. The Kier molecular flexibility index (Phi) is 8.01. The molecule has 0 aliphatic carbocycles. The van der Waals surface area contributed by atoms with Gasteiger partial charge in [-0.1, -0.05) is 0 Å². The number of rotatable bonds is 6. The number of piperidine rings is 1. The first kappa shape index (κ1) is 23.8. The number of aromatic nitrogens is 1. The first-order chi connectivity index (χ1) is 15.8. The molecule has 0 radical (unpaired) electrons. The molecule has 33 heavy (non-hydrogen) atoms. The Morgan fingerprint density at radius 1 is 1.18 bits per heavy atom. The topological polar surface area (TPSA) is 122 Å². The summed E-state index contributed by atoms with van der Waals surface area (Å²) >= 11 is 0. The molecule has 2 heterocycles. The number of ether oxygens (including phenoxy) is 2.